The number of hydrogen-bond acceptors (Lipinski definition) is 3. The van der Waals surface area contributed by atoms with Gasteiger partial charge in [-0.1, -0.05) is 15.9 Å². The topological polar surface area (TPSA) is 49.4 Å². The van der Waals surface area contributed by atoms with Gasteiger partial charge in [0, 0.05) is 10.0 Å². The van der Waals surface area contributed by atoms with Crippen LogP contribution in [0.1, 0.15) is 27.2 Å². The van der Waals surface area contributed by atoms with E-state index in [1.807, 2.05) is 32.9 Å². The van der Waals surface area contributed by atoms with E-state index in [1.165, 1.54) is 4.90 Å². The fraction of sp³-hybridized carbons (Fsp3) is 0.429. The lowest BCUT2D eigenvalue weighted by Crippen LogP contribution is -2.47. The average Bonchev–Trinajstić information content (AvgIpc) is 2.54. The molecule has 5 heteroatoms. The second kappa shape index (κ2) is 5.06. The quantitative estimate of drug-likeness (QED) is 0.850. The third-order valence-corrected chi connectivity index (χ3v) is 3.37. The van der Waals surface area contributed by atoms with Gasteiger partial charge in [0.1, 0.15) is 0 Å². The van der Waals surface area contributed by atoms with Gasteiger partial charge < -0.3 is 5.32 Å². The van der Waals surface area contributed by atoms with Crippen LogP contribution in [0.2, 0.25) is 0 Å². The minimum absolute atomic E-state index is 0.158. The van der Waals surface area contributed by atoms with Crippen LogP contribution in [-0.2, 0) is 9.59 Å². The summed E-state index contributed by atoms with van der Waals surface area (Å²) in [6.45, 7) is 5.94. The minimum atomic E-state index is -0.434. The van der Waals surface area contributed by atoms with Crippen LogP contribution in [0, 0.1) is 0 Å². The smallest absolute Gasteiger partial charge is 0.251 e. The summed E-state index contributed by atoms with van der Waals surface area (Å²) >= 11 is 3.34. The fourth-order valence-corrected chi connectivity index (χ4v) is 2.39. The Labute approximate surface area is 121 Å². The standard InChI is InChI=1S/C14H17BrN2O2/c1-14(2,3)16-11-8-12(18)17(13(11)19)10-6-4-9(15)5-7-10/h4-7,11,16H,8H2,1-3H3/t11-/m0/s1. The summed E-state index contributed by atoms with van der Waals surface area (Å²) in [6, 6.07) is 6.73. The molecule has 1 aliphatic heterocycles. The molecule has 0 aliphatic carbocycles. The lowest BCUT2D eigenvalue weighted by Gasteiger charge is -2.24. The largest absolute Gasteiger partial charge is 0.301 e. The van der Waals surface area contributed by atoms with Crippen molar-refractivity contribution in [2.45, 2.75) is 38.8 Å². The van der Waals surface area contributed by atoms with Crippen LogP contribution in [-0.4, -0.2) is 23.4 Å². The predicted octanol–water partition coefficient (Wildman–Crippen LogP) is 2.47. The Bertz CT molecular complexity index is 505. The van der Waals surface area contributed by atoms with Gasteiger partial charge in [0.05, 0.1) is 18.2 Å². The Balaban J connectivity index is 2.21. The molecule has 19 heavy (non-hydrogen) atoms. The van der Waals surface area contributed by atoms with E-state index in [1.54, 1.807) is 12.1 Å². The molecular weight excluding hydrogens is 308 g/mol. The second-order valence-electron chi connectivity index (χ2n) is 5.69. The summed E-state index contributed by atoms with van der Waals surface area (Å²) in [5.74, 6) is -0.337. The van der Waals surface area contributed by atoms with Crippen molar-refractivity contribution in [3.8, 4) is 0 Å². The first-order valence-corrected chi connectivity index (χ1v) is 6.97. The van der Waals surface area contributed by atoms with E-state index in [0.717, 1.165) is 4.47 Å². The van der Waals surface area contributed by atoms with E-state index in [2.05, 4.69) is 21.2 Å². The molecule has 0 unspecified atom stereocenters. The molecule has 0 radical (unpaired) electrons. The van der Waals surface area contributed by atoms with E-state index >= 15 is 0 Å². The van der Waals surface area contributed by atoms with Crippen molar-refractivity contribution in [2.24, 2.45) is 0 Å². The summed E-state index contributed by atoms with van der Waals surface area (Å²) in [7, 11) is 0. The van der Waals surface area contributed by atoms with Crippen LogP contribution in [0.5, 0.6) is 0 Å². The van der Waals surface area contributed by atoms with Gasteiger partial charge >= 0.3 is 0 Å². The SMILES string of the molecule is CC(C)(C)N[C@H]1CC(=O)N(c2ccc(Br)cc2)C1=O. The molecule has 2 rings (SSSR count). The van der Waals surface area contributed by atoms with Gasteiger partial charge in [-0.15, -0.1) is 0 Å². The van der Waals surface area contributed by atoms with Gasteiger partial charge in [0.15, 0.2) is 0 Å². The molecule has 1 aromatic rings. The lowest BCUT2D eigenvalue weighted by molar-refractivity contribution is -0.121. The fourth-order valence-electron chi connectivity index (χ4n) is 2.13. The van der Waals surface area contributed by atoms with E-state index in [9.17, 15) is 9.59 Å². The number of nitrogens with zero attached hydrogens (tertiary/aromatic N) is 1. The second-order valence-corrected chi connectivity index (χ2v) is 6.61. The minimum Gasteiger partial charge on any atom is -0.301 e. The van der Waals surface area contributed by atoms with Crippen molar-refractivity contribution in [2.75, 3.05) is 4.90 Å². The van der Waals surface area contributed by atoms with Crippen molar-refractivity contribution in [1.29, 1.82) is 0 Å². The third kappa shape index (κ3) is 3.22. The van der Waals surface area contributed by atoms with Crippen LogP contribution in [0.25, 0.3) is 0 Å². The maximum absolute atomic E-state index is 12.3. The lowest BCUT2D eigenvalue weighted by atomic mass is 10.1. The Morgan fingerprint density at radius 2 is 1.79 bits per heavy atom. The number of carbonyl (C=O) groups is 2. The van der Waals surface area contributed by atoms with Crippen molar-refractivity contribution in [1.82, 2.24) is 5.32 Å². The monoisotopic (exact) mass is 324 g/mol. The summed E-state index contributed by atoms with van der Waals surface area (Å²) in [6.07, 6.45) is 0.214. The molecule has 4 nitrogen and oxygen atoms in total. The van der Waals surface area contributed by atoms with Gasteiger partial charge in [0.25, 0.3) is 5.91 Å². The molecule has 1 atom stereocenters. The van der Waals surface area contributed by atoms with Gasteiger partial charge in [-0.3, -0.25) is 9.59 Å². The highest BCUT2D eigenvalue weighted by molar-refractivity contribution is 9.10. The Hall–Kier alpha value is -1.20. The zero-order chi connectivity index (χ0) is 14.2. The van der Waals surface area contributed by atoms with Crippen LogP contribution >= 0.6 is 15.9 Å². The van der Waals surface area contributed by atoms with Crippen LogP contribution in [0.15, 0.2) is 28.7 Å². The molecule has 1 aromatic carbocycles. The Morgan fingerprint density at radius 1 is 1.21 bits per heavy atom. The average molecular weight is 325 g/mol. The first-order valence-electron chi connectivity index (χ1n) is 6.18. The summed E-state index contributed by atoms with van der Waals surface area (Å²) in [5.41, 5.74) is 0.424. The van der Waals surface area contributed by atoms with Crippen LogP contribution in [0.3, 0.4) is 0 Å². The predicted molar refractivity (Wildman–Crippen MR) is 77.9 cm³/mol. The first kappa shape index (κ1) is 14.2. The zero-order valence-corrected chi connectivity index (χ0v) is 12.8. The molecule has 0 aromatic heterocycles. The van der Waals surface area contributed by atoms with Crippen LogP contribution in [0.4, 0.5) is 5.69 Å². The highest BCUT2D eigenvalue weighted by atomic mass is 79.9. The molecule has 0 saturated carbocycles. The first-order chi connectivity index (χ1) is 8.78. The van der Waals surface area contributed by atoms with Gasteiger partial charge in [0.2, 0.25) is 5.91 Å². The van der Waals surface area contributed by atoms with Gasteiger partial charge in [-0.05, 0) is 45.0 Å². The van der Waals surface area contributed by atoms with Crippen molar-refractivity contribution in [3.63, 3.8) is 0 Å². The van der Waals surface area contributed by atoms with E-state index < -0.39 is 6.04 Å². The third-order valence-electron chi connectivity index (χ3n) is 2.84. The number of benzene rings is 1. The van der Waals surface area contributed by atoms with E-state index in [4.69, 9.17) is 0 Å². The highest BCUT2D eigenvalue weighted by Crippen LogP contribution is 2.25. The molecule has 0 spiro atoms. The molecule has 0 bridgehead atoms. The zero-order valence-electron chi connectivity index (χ0n) is 11.2. The maximum Gasteiger partial charge on any atom is 0.251 e. The number of rotatable bonds is 2. The van der Waals surface area contributed by atoms with E-state index in [0.29, 0.717) is 5.69 Å². The number of carbonyl (C=O) groups excluding carboxylic acids is 2. The van der Waals surface area contributed by atoms with Crippen molar-refractivity contribution < 1.29 is 9.59 Å². The highest BCUT2D eigenvalue weighted by Gasteiger charge is 2.40. The Kier molecular flexibility index (Phi) is 3.78. The maximum atomic E-state index is 12.3. The normalized spacial score (nSPS) is 20.2. The van der Waals surface area contributed by atoms with Crippen molar-refractivity contribution in [3.05, 3.63) is 28.7 Å². The molecule has 1 aliphatic rings. The number of imide groups is 1. The number of halogens is 1. The molecule has 102 valence electrons. The van der Waals surface area contributed by atoms with E-state index in [-0.39, 0.29) is 23.8 Å². The Morgan fingerprint density at radius 3 is 2.32 bits per heavy atom. The number of nitrogens with one attached hydrogen (secondary N) is 1. The van der Waals surface area contributed by atoms with Crippen molar-refractivity contribution >= 4 is 33.4 Å². The van der Waals surface area contributed by atoms with Crippen LogP contribution < -0.4 is 10.2 Å². The summed E-state index contributed by atoms with van der Waals surface area (Å²) in [5, 5.41) is 3.19. The van der Waals surface area contributed by atoms with Gasteiger partial charge in [-0.2, -0.15) is 0 Å². The molecule has 2 amide bonds. The summed E-state index contributed by atoms with van der Waals surface area (Å²) in [4.78, 5) is 25.6. The number of hydrogen-bond donors (Lipinski definition) is 1. The van der Waals surface area contributed by atoms with Gasteiger partial charge in [-0.25, -0.2) is 4.90 Å². The molecule has 1 saturated heterocycles. The summed E-state index contributed by atoms with van der Waals surface area (Å²) < 4.78 is 0.916. The molecule has 1 heterocycles. The molecular formula is C14H17BrN2O2. The number of amides is 2. The number of anilines is 1. The molecule has 1 N–H and O–H groups in total. The molecule has 1 fully saturated rings.